The number of phenolic OH excluding ortho intramolecular Hbond substituents is 1. The normalized spacial score (nSPS) is 10.2. The quantitative estimate of drug-likeness (QED) is 0.390. The van der Waals surface area contributed by atoms with E-state index in [4.69, 9.17) is 17.0 Å². The fourth-order valence-electron chi connectivity index (χ4n) is 2.57. The van der Waals surface area contributed by atoms with Crippen molar-refractivity contribution in [2.45, 2.75) is 6.92 Å². The van der Waals surface area contributed by atoms with Gasteiger partial charge in [-0.1, -0.05) is 42.0 Å². The van der Waals surface area contributed by atoms with Gasteiger partial charge in [0.25, 0.3) is 11.8 Å². The minimum Gasteiger partial charge on any atom is -0.507 e. The Labute approximate surface area is 172 Å². The van der Waals surface area contributed by atoms with Crippen molar-refractivity contribution in [2.24, 2.45) is 0 Å². The highest BCUT2D eigenvalue weighted by Gasteiger charge is 2.13. The topological polar surface area (TPSA) is 99.7 Å². The zero-order chi connectivity index (χ0) is 20.8. The Kier molecular flexibility index (Phi) is 6.25. The van der Waals surface area contributed by atoms with E-state index in [1.807, 2.05) is 43.3 Å². The van der Waals surface area contributed by atoms with Gasteiger partial charge in [-0.2, -0.15) is 0 Å². The van der Waals surface area contributed by atoms with Crippen molar-refractivity contribution < 1.29 is 19.4 Å². The first-order chi connectivity index (χ1) is 13.9. The molecule has 0 atom stereocenters. The molecule has 0 fully saturated rings. The number of amides is 2. The Morgan fingerprint density at radius 1 is 1.00 bits per heavy atom. The number of benzene rings is 3. The molecule has 0 unspecified atom stereocenters. The van der Waals surface area contributed by atoms with Crippen molar-refractivity contribution in [3.63, 3.8) is 0 Å². The number of carbonyl (C=O) groups excluding carboxylic acids is 2. The van der Waals surface area contributed by atoms with Crippen LogP contribution in [0.15, 0.2) is 60.7 Å². The fraction of sp³-hybridized carbons (Fsp3) is 0.0952. The average molecular weight is 409 g/mol. The zero-order valence-electron chi connectivity index (χ0n) is 15.6. The molecule has 4 N–H and O–H groups in total. The molecule has 0 aliphatic carbocycles. The number of aromatic hydroxyl groups is 1. The maximum atomic E-state index is 12.3. The Morgan fingerprint density at radius 3 is 2.34 bits per heavy atom. The van der Waals surface area contributed by atoms with Gasteiger partial charge in [-0.3, -0.25) is 25.8 Å². The smallest absolute Gasteiger partial charge is 0.273 e. The van der Waals surface area contributed by atoms with E-state index in [2.05, 4.69) is 16.2 Å². The molecule has 0 radical (unpaired) electrons. The van der Waals surface area contributed by atoms with Crippen LogP contribution in [0.1, 0.15) is 15.9 Å². The van der Waals surface area contributed by atoms with Crippen LogP contribution in [0.25, 0.3) is 10.8 Å². The van der Waals surface area contributed by atoms with E-state index in [9.17, 15) is 14.7 Å². The molecule has 7 nitrogen and oxygen atoms in total. The summed E-state index contributed by atoms with van der Waals surface area (Å²) in [4.78, 5) is 24.2. The molecular formula is C21H19N3O4S. The van der Waals surface area contributed by atoms with E-state index in [-0.39, 0.29) is 23.0 Å². The standard InChI is InChI=1S/C21H19N3O4S/c1-13-6-8-16(9-7-13)28-12-19(26)22-21(29)24-23-20(27)17-10-14-4-2-3-5-15(14)11-18(17)25/h2-11,25H,12H2,1H3,(H,23,27)(H2,22,24,26,29). The summed E-state index contributed by atoms with van der Waals surface area (Å²) in [6.45, 7) is 1.72. The van der Waals surface area contributed by atoms with Gasteiger partial charge in [0.1, 0.15) is 11.5 Å². The van der Waals surface area contributed by atoms with Crippen LogP contribution in [0.4, 0.5) is 0 Å². The molecule has 0 saturated carbocycles. The lowest BCUT2D eigenvalue weighted by molar-refractivity contribution is -0.121. The fourth-order valence-corrected chi connectivity index (χ4v) is 2.73. The summed E-state index contributed by atoms with van der Waals surface area (Å²) in [6, 6.07) is 17.7. The Hall–Kier alpha value is -3.65. The molecule has 0 bridgehead atoms. The minimum absolute atomic E-state index is 0.0769. The maximum absolute atomic E-state index is 12.3. The number of hydrazine groups is 1. The summed E-state index contributed by atoms with van der Waals surface area (Å²) in [5, 5.41) is 14.0. The number of hydrogen-bond donors (Lipinski definition) is 4. The zero-order valence-corrected chi connectivity index (χ0v) is 16.4. The first kappa shape index (κ1) is 20.1. The number of rotatable bonds is 4. The van der Waals surface area contributed by atoms with Gasteiger partial charge in [-0.25, -0.2) is 0 Å². The van der Waals surface area contributed by atoms with E-state index in [1.165, 1.54) is 6.07 Å². The molecular weight excluding hydrogens is 390 g/mol. The average Bonchev–Trinajstić information content (AvgIpc) is 2.71. The summed E-state index contributed by atoms with van der Waals surface area (Å²) in [5.74, 6) is -0.680. The third-order valence-electron chi connectivity index (χ3n) is 4.04. The van der Waals surface area contributed by atoms with Gasteiger partial charge in [0.05, 0.1) is 5.56 Å². The van der Waals surface area contributed by atoms with Gasteiger partial charge in [-0.15, -0.1) is 0 Å². The minimum atomic E-state index is -0.597. The molecule has 0 aliphatic rings. The van der Waals surface area contributed by atoms with E-state index < -0.39 is 11.8 Å². The number of phenols is 1. The van der Waals surface area contributed by atoms with Gasteiger partial charge in [0, 0.05) is 0 Å². The van der Waals surface area contributed by atoms with Crippen LogP contribution in [0.2, 0.25) is 0 Å². The predicted molar refractivity (Wildman–Crippen MR) is 114 cm³/mol. The third kappa shape index (κ3) is 5.43. The number of hydrogen-bond acceptors (Lipinski definition) is 5. The molecule has 0 heterocycles. The van der Waals surface area contributed by atoms with E-state index in [1.54, 1.807) is 18.2 Å². The second-order valence-electron chi connectivity index (χ2n) is 6.27. The highest BCUT2D eigenvalue weighted by Crippen LogP contribution is 2.24. The molecule has 3 aromatic carbocycles. The van der Waals surface area contributed by atoms with Crippen LogP contribution in [0.5, 0.6) is 11.5 Å². The van der Waals surface area contributed by atoms with Gasteiger partial charge in [0.2, 0.25) is 0 Å². The van der Waals surface area contributed by atoms with Gasteiger partial charge >= 0.3 is 0 Å². The number of thiocarbonyl (C=S) groups is 1. The first-order valence-corrected chi connectivity index (χ1v) is 9.14. The van der Waals surface area contributed by atoms with E-state index in [0.29, 0.717) is 5.75 Å². The van der Waals surface area contributed by atoms with Crippen molar-refractivity contribution in [1.29, 1.82) is 0 Å². The monoisotopic (exact) mass is 409 g/mol. The summed E-state index contributed by atoms with van der Waals surface area (Å²) in [6.07, 6.45) is 0. The van der Waals surface area contributed by atoms with Crippen LogP contribution in [0, 0.1) is 6.92 Å². The van der Waals surface area contributed by atoms with Gasteiger partial charge in [-0.05, 0) is 54.2 Å². The summed E-state index contributed by atoms with van der Waals surface area (Å²) >= 11 is 4.98. The third-order valence-corrected chi connectivity index (χ3v) is 4.25. The van der Waals surface area contributed by atoms with Crippen molar-refractivity contribution in [2.75, 3.05) is 6.61 Å². The van der Waals surface area contributed by atoms with Crippen LogP contribution >= 0.6 is 12.2 Å². The molecule has 8 heteroatoms. The molecule has 0 aromatic heterocycles. The van der Waals surface area contributed by atoms with Crippen molar-refractivity contribution in [3.05, 3.63) is 71.8 Å². The van der Waals surface area contributed by atoms with E-state index in [0.717, 1.165) is 16.3 Å². The molecule has 3 aromatic rings. The van der Waals surface area contributed by atoms with Crippen LogP contribution in [-0.4, -0.2) is 28.6 Å². The van der Waals surface area contributed by atoms with Crippen LogP contribution < -0.4 is 20.9 Å². The molecule has 0 spiro atoms. The maximum Gasteiger partial charge on any atom is 0.273 e. The molecule has 148 valence electrons. The highest BCUT2D eigenvalue weighted by atomic mass is 32.1. The number of aryl methyl sites for hydroxylation is 1. The van der Waals surface area contributed by atoms with Crippen LogP contribution in [-0.2, 0) is 4.79 Å². The number of carbonyl (C=O) groups is 2. The molecule has 3 rings (SSSR count). The van der Waals surface area contributed by atoms with Crippen LogP contribution in [0.3, 0.4) is 0 Å². The lowest BCUT2D eigenvalue weighted by atomic mass is 10.1. The van der Waals surface area contributed by atoms with Gasteiger partial charge < -0.3 is 9.84 Å². The Bertz CT molecular complexity index is 1070. The van der Waals surface area contributed by atoms with Crippen molar-refractivity contribution >= 4 is 39.9 Å². The molecule has 0 saturated heterocycles. The highest BCUT2D eigenvalue weighted by molar-refractivity contribution is 7.80. The first-order valence-electron chi connectivity index (χ1n) is 8.74. The van der Waals surface area contributed by atoms with Crippen molar-refractivity contribution in [3.8, 4) is 11.5 Å². The second-order valence-corrected chi connectivity index (χ2v) is 6.68. The lowest BCUT2D eigenvalue weighted by Crippen LogP contribution is -2.49. The summed E-state index contributed by atoms with van der Waals surface area (Å²) < 4.78 is 5.36. The molecule has 2 amide bonds. The largest absolute Gasteiger partial charge is 0.507 e. The molecule has 29 heavy (non-hydrogen) atoms. The number of ether oxygens (including phenoxy) is 1. The summed E-state index contributed by atoms with van der Waals surface area (Å²) in [7, 11) is 0. The summed E-state index contributed by atoms with van der Waals surface area (Å²) in [5.41, 5.74) is 5.93. The predicted octanol–water partition coefficient (Wildman–Crippen LogP) is 2.57. The number of fused-ring (bicyclic) bond motifs is 1. The Morgan fingerprint density at radius 2 is 1.66 bits per heavy atom. The SMILES string of the molecule is Cc1ccc(OCC(=O)NC(=S)NNC(=O)c2cc3ccccc3cc2O)cc1. The lowest BCUT2D eigenvalue weighted by Gasteiger charge is -2.12. The Balaban J connectivity index is 1.49. The second kappa shape index (κ2) is 9.03. The van der Waals surface area contributed by atoms with Gasteiger partial charge in [0.15, 0.2) is 11.7 Å². The number of nitrogens with one attached hydrogen (secondary N) is 3. The van der Waals surface area contributed by atoms with Crippen molar-refractivity contribution in [1.82, 2.24) is 16.2 Å². The van der Waals surface area contributed by atoms with E-state index >= 15 is 0 Å². The molecule has 0 aliphatic heterocycles.